The lowest BCUT2D eigenvalue weighted by Gasteiger charge is -2.35. The minimum Gasteiger partial charge on any atom is -0.352 e. The summed E-state index contributed by atoms with van der Waals surface area (Å²) in [7, 11) is 0. The van der Waals surface area contributed by atoms with Gasteiger partial charge in [-0.1, -0.05) is 12.1 Å². The molecule has 1 amide bonds. The summed E-state index contributed by atoms with van der Waals surface area (Å²) in [6.45, 7) is 7.96. The van der Waals surface area contributed by atoms with Gasteiger partial charge < -0.3 is 9.80 Å². The van der Waals surface area contributed by atoms with Crippen LogP contribution in [0, 0.1) is 32.4 Å². The molecule has 1 aromatic heterocycles. The zero-order valence-corrected chi connectivity index (χ0v) is 17.8. The van der Waals surface area contributed by atoms with E-state index < -0.39 is 23.1 Å². The number of carbonyl (C=O) groups is 1. The molecule has 0 N–H and O–H groups in total. The molecule has 31 heavy (non-hydrogen) atoms. The SMILES string of the molecule is Cc1cc(C)c(-c2ccc(N3CCN(C(=O)c4c(F)cccc4F)CC3)nn2)cc1C. The fourth-order valence-electron chi connectivity index (χ4n) is 3.87. The number of halogens is 2. The molecule has 2 aromatic carbocycles. The first-order valence-corrected chi connectivity index (χ1v) is 10.3. The zero-order valence-electron chi connectivity index (χ0n) is 17.8. The Morgan fingerprint density at radius 1 is 0.839 bits per heavy atom. The van der Waals surface area contributed by atoms with Crippen LogP contribution in [0.5, 0.6) is 0 Å². The van der Waals surface area contributed by atoms with Crippen LogP contribution in [0.2, 0.25) is 0 Å². The second-order valence-corrected chi connectivity index (χ2v) is 7.90. The topological polar surface area (TPSA) is 49.3 Å². The molecule has 1 aliphatic heterocycles. The molecule has 0 spiro atoms. The van der Waals surface area contributed by atoms with Gasteiger partial charge in [0.2, 0.25) is 0 Å². The van der Waals surface area contributed by atoms with E-state index in [0.717, 1.165) is 34.8 Å². The molecule has 7 heteroatoms. The largest absolute Gasteiger partial charge is 0.352 e. The fourth-order valence-corrected chi connectivity index (χ4v) is 3.87. The van der Waals surface area contributed by atoms with E-state index in [1.807, 2.05) is 17.0 Å². The van der Waals surface area contributed by atoms with Crippen molar-refractivity contribution >= 4 is 11.7 Å². The first kappa shape index (κ1) is 20.9. The van der Waals surface area contributed by atoms with Crippen molar-refractivity contribution in [2.75, 3.05) is 31.1 Å². The third kappa shape index (κ3) is 4.13. The van der Waals surface area contributed by atoms with Gasteiger partial charge in [-0.25, -0.2) is 8.78 Å². The highest BCUT2D eigenvalue weighted by Crippen LogP contribution is 2.26. The molecule has 0 bridgehead atoms. The van der Waals surface area contributed by atoms with Gasteiger partial charge in [0.25, 0.3) is 5.91 Å². The molecule has 0 unspecified atom stereocenters. The molecule has 4 rings (SSSR count). The van der Waals surface area contributed by atoms with Crippen LogP contribution in [0.25, 0.3) is 11.3 Å². The van der Waals surface area contributed by atoms with Gasteiger partial charge in [-0.2, -0.15) is 0 Å². The van der Waals surface area contributed by atoms with Crippen molar-refractivity contribution in [1.29, 1.82) is 0 Å². The maximum Gasteiger partial charge on any atom is 0.259 e. The molecule has 1 fully saturated rings. The van der Waals surface area contributed by atoms with Gasteiger partial charge in [0.1, 0.15) is 17.2 Å². The van der Waals surface area contributed by atoms with Crippen LogP contribution in [-0.2, 0) is 0 Å². The third-order valence-corrected chi connectivity index (χ3v) is 5.83. The average molecular weight is 422 g/mol. The number of anilines is 1. The van der Waals surface area contributed by atoms with Crippen LogP contribution in [0.3, 0.4) is 0 Å². The molecule has 1 aliphatic rings. The Bertz CT molecular complexity index is 1100. The van der Waals surface area contributed by atoms with Crippen molar-refractivity contribution in [3.05, 3.63) is 76.4 Å². The Morgan fingerprint density at radius 3 is 2.10 bits per heavy atom. The van der Waals surface area contributed by atoms with Crippen molar-refractivity contribution in [3.63, 3.8) is 0 Å². The predicted octanol–water partition coefficient (Wildman–Crippen LogP) is 4.31. The van der Waals surface area contributed by atoms with Crippen LogP contribution in [0.15, 0.2) is 42.5 Å². The molecule has 5 nitrogen and oxygen atoms in total. The number of amides is 1. The number of benzene rings is 2. The van der Waals surface area contributed by atoms with Crippen molar-refractivity contribution in [3.8, 4) is 11.3 Å². The molecule has 2 heterocycles. The molecule has 0 saturated carbocycles. The Morgan fingerprint density at radius 2 is 1.48 bits per heavy atom. The summed E-state index contributed by atoms with van der Waals surface area (Å²) in [6, 6.07) is 11.6. The van der Waals surface area contributed by atoms with Crippen molar-refractivity contribution in [1.82, 2.24) is 15.1 Å². The highest BCUT2D eigenvalue weighted by atomic mass is 19.1. The Labute approximate surface area is 180 Å². The minimum atomic E-state index is -0.837. The van der Waals surface area contributed by atoms with Crippen molar-refractivity contribution in [2.24, 2.45) is 0 Å². The summed E-state index contributed by atoms with van der Waals surface area (Å²) in [5.41, 5.74) is 4.98. The van der Waals surface area contributed by atoms with E-state index in [9.17, 15) is 13.6 Å². The first-order valence-electron chi connectivity index (χ1n) is 10.3. The number of hydrogen-bond donors (Lipinski definition) is 0. The molecule has 1 saturated heterocycles. The Balaban J connectivity index is 1.45. The number of aromatic nitrogens is 2. The standard InChI is InChI=1S/C24H24F2N4O/c1-15-13-17(3)18(14-16(15)2)21-7-8-22(28-27-21)29-9-11-30(12-10-29)24(31)23-19(25)5-4-6-20(23)26/h4-8,13-14H,9-12H2,1-3H3. The molecule has 160 valence electrons. The first-order chi connectivity index (χ1) is 14.8. The van der Waals surface area contributed by atoms with E-state index in [4.69, 9.17) is 0 Å². The average Bonchev–Trinajstić information content (AvgIpc) is 2.76. The highest BCUT2D eigenvalue weighted by Gasteiger charge is 2.27. The van der Waals surface area contributed by atoms with Crippen LogP contribution in [0.4, 0.5) is 14.6 Å². The zero-order chi connectivity index (χ0) is 22.1. The predicted molar refractivity (Wildman–Crippen MR) is 116 cm³/mol. The van der Waals surface area contributed by atoms with Crippen LogP contribution in [-0.4, -0.2) is 47.2 Å². The van der Waals surface area contributed by atoms with E-state index in [0.29, 0.717) is 26.2 Å². The summed E-state index contributed by atoms with van der Waals surface area (Å²) in [6.07, 6.45) is 0. The quantitative estimate of drug-likeness (QED) is 0.631. The van der Waals surface area contributed by atoms with Gasteiger partial charge in [-0.05, 0) is 67.8 Å². The maximum atomic E-state index is 13.9. The van der Waals surface area contributed by atoms with E-state index in [1.165, 1.54) is 22.1 Å². The van der Waals surface area contributed by atoms with Crippen molar-refractivity contribution in [2.45, 2.75) is 20.8 Å². The number of piperazine rings is 1. The number of rotatable bonds is 3. The molecule has 0 atom stereocenters. The van der Waals surface area contributed by atoms with Gasteiger partial charge in [0, 0.05) is 31.7 Å². The lowest BCUT2D eigenvalue weighted by atomic mass is 9.99. The van der Waals surface area contributed by atoms with Gasteiger partial charge in [0.05, 0.1) is 5.69 Å². The molecule has 0 aliphatic carbocycles. The summed E-state index contributed by atoms with van der Waals surface area (Å²) in [5.74, 6) is -1.58. The number of carbonyl (C=O) groups excluding carboxylic acids is 1. The summed E-state index contributed by atoms with van der Waals surface area (Å²) < 4.78 is 27.9. The Hall–Kier alpha value is -3.35. The summed E-state index contributed by atoms with van der Waals surface area (Å²) >= 11 is 0. The van der Waals surface area contributed by atoms with E-state index in [1.54, 1.807) is 0 Å². The molecule has 3 aromatic rings. The van der Waals surface area contributed by atoms with Gasteiger partial charge >= 0.3 is 0 Å². The fraction of sp³-hybridized carbons (Fsp3) is 0.292. The number of hydrogen-bond acceptors (Lipinski definition) is 4. The summed E-state index contributed by atoms with van der Waals surface area (Å²) in [4.78, 5) is 16.1. The maximum absolute atomic E-state index is 13.9. The molecular weight excluding hydrogens is 398 g/mol. The minimum absolute atomic E-state index is 0.353. The number of nitrogens with zero attached hydrogens (tertiary/aromatic N) is 4. The smallest absolute Gasteiger partial charge is 0.259 e. The van der Waals surface area contributed by atoms with Gasteiger partial charge in [-0.3, -0.25) is 4.79 Å². The van der Waals surface area contributed by atoms with E-state index in [2.05, 4.69) is 43.1 Å². The normalized spacial score (nSPS) is 14.1. The molecule has 0 radical (unpaired) electrons. The van der Waals surface area contributed by atoms with Crippen LogP contribution < -0.4 is 4.90 Å². The van der Waals surface area contributed by atoms with E-state index in [-0.39, 0.29) is 0 Å². The lowest BCUT2D eigenvalue weighted by molar-refractivity contribution is 0.0736. The second kappa shape index (κ2) is 8.41. The van der Waals surface area contributed by atoms with Gasteiger partial charge in [0.15, 0.2) is 5.82 Å². The van der Waals surface area contributed by atoms with Crippen LogP contribution >= 0.6 is 0 Å². The lowest BCUT2D eigenvalue weighted by Crippen LogP contribution is -2.49. The monoisotopic (exact) mass is 422 g/mol. The molecular formula is C24H24F2N4O. The second-order valence-electron chi connectivity index (χ2n) is 7.90. The van der Waals surface area contributed by atoms with Crippen molar-refractivity contribution < 1.29 is 13.6 Å². The Kier molecular flexibility index (Phi) is 5.67. The van der Waals surface area contributed by atoms with Gasteiger partial charge in [-0.15, -0.1) is 10.2 Å². The highest BCUT2D eigenvalue weighted by molar-refractivity contribution is 5.95. The van der Waals surface area contributed by atoms with Crippen LogP contribution in [0.1, 0.15) is 27.0 Å². The van der Waals surface area contributed by atoms with E-state index >= 15 is 0 Å². The summed E-state index contributed by atoms with van der Waals surface area (Å²) in [5, 5.41) is 8.79. The third-order valence-electron chi connectivity index (χ3n) is 5.83. The number of aryl methyl sites for hydroxylation is 3.